The minimum Gasteiger partial charge on any atom is -0.493 e. The van der Waals surface area contributed by atoms with Crippen LogP contribution >= 0.6 is 0 Å². The Kier molecular flexibility index (Phi) is 12.5. The zero-order valence-electron chi connectivity index (χ0n) is 37.7. The third kappa shape index (κ3) is 8.35. The van der Waals surface area contributed by atoms with Gasteiger partial charge in [-0.1, -0.05) is 48.5 Å². The Morgan fingerprint density at radius 1 is 0.859 bits per heavy atom. The van der Waals surface area contributed by atoms with Crippen LogP contribution < -0.4 is 14.4 Å². The van der Waals surface area contributed by atoms with Gasteiger partial charge in [0, 0.05) is 74.9 Å². The van der Waals surface area contributed by atoms with Crippen molar-refractivity contribution in [2.24, 2.45) is 7.05 Å². The molecule has 0 N–H and O–H groups in total. The smallest absolute Gasteiger partial charge is 0.355 e. The summed E-state index contributed by atoms with van der Waals surface area (Å²) in [4.78, 5) is 16.5. The first-order valence-electron chi connectivity index (χ1n) is 22.5. The highest BCUT2D eigenvalue weighted by atomic mass is 32.2. The number of hydrogen-bond donors (Lipinski definition) is 0. The van der Waals surface area contributed by atoms with Crippen LogP contribution in [0, 0.1) is 6.92 Å². The molecule has 3 aliphatic heterocycles. The Labute approximate surface area is 376 Å². The Bertz CT molecular complexity index is 2760. The maximum Gasteiger partial charge on any atom is 0.355 e. The average molecular weight is 891 g/mol. The fraction of sp³-hybridized carbons (Fsp3) is 0.429. The summed E-state index contributed by atoms with van der Waals surface area (Å²) >= 11 is 0. The van der Waals surface area contributed by atoms with Gasteiger partial charge in [-0.15, -0.1) is 0 Å². The van der Waals surface area contributed by atoms with Crippen LogP contribution in [0.5, 0.6) is 11.5 Å². The van der Waals surface area contributed by atoms with E-state index in [2.05, 4.69) is 46.7 Å². The second-order valence-corrected chi connectivity index (χ2v) is 19.6. The van der Waals surface area contributed by atoms with Crippen LogP contribution in [0.2, 0.25) is 0 Å². The van der Waals surface area contributed by atoms with Crippen molar-refractivity contribution in [1.82, 2.24) is 23.0 Å². The van der Waals surface area contributed by atoms with E-state index in [9.17, 15) is 13.2 Å². The first kappa shape index (κ1) is 43.8. The number of carbonyl (C=O) groups is 1. The number of esters is 1. The highest BCUT2D eigenvalue weighted by Crippen LogP contribution is 2.43. The molecule has 9 rings (SSSR count). The monoisotopic (exact) mass is 890 g/mol. The SMILES string of the molecule is CCOC(=O)c1c(CCCOc2cccc3ccccc23)c2ccc(C)c3c2n1CC[N+]1(CCOCC1)Cc1c-3c(COc2ccc(N3CCN(S(=O)(=O)N(C)C)CC3)cc2)nn1C. The van der Waals surface area contributed by atoms with Crippen LogP contribution in [-0.2, 0) is 52.8 Å². The fourth-order valence-corrected chi connectivity index (χ4v) is 11.0. The summed E-state index contributed by atoms with van der Waals surface area (Å²) in [5.74, 6) is 1.26. The predicted octanol–water partition coefficient (Wildman–Crippen LogP) is 6.56. The van der Waals surface area contributed by atoms with E-state index >= 15 is 0 Å². The highest BCUT2D eigenvalue weighted by Gasteiger charge is 2.38. The second kappa shape index (κ2) is 18.2. The summed E-state index contributed by atoms with van der Waals surface area (Å²) in [6.45, 7) is 12.4. The van der Waals surface area contributed by atoms with Gasteiger partial charge in [-0.2, -0.15) is 22.1 Å². The summed E-state index contributed by atoms with van der Waals surface area (Å²) in [6.07, 6.45) is 1.34. The molecule has 64 heavy (non-hydrogen) atoms. The normalized spacial score (nSPS) is 16.8. The van der Waals surface area contributed by atoms with Gasteiger partial charge < -0.3 is 32.9 Å². The summed E-state index contributed by atoms with van der Waals surface area (Å²) < 4.78 is 58.1. The van der Waals surface area contributed by atoms with Gasteiger partial charge in [0.2, 0.25) is 0 Å². The van der Waals surface area contributed by atoms with E-state index in [1.807, 2.05) is 67.2 Å². The van der Waals surface area contributed by atoms with E-state index in [0.717, 1.165) is 97.4 Å². The molecular weight excluding hydrogens is 831 g/mol. The Hall–Kier alpha value is -5.45. The van der Waals surface area contributed by atoms with E-state index < -0.39 is 10.2 Å². The van der Waals surface area contributed by atoms with Gasteiger partial charge in [0.05, 0.1) is 45.0 Å². The number of morpholine rings is 1. The molecule has 15 heteroatoms. The largest absolute Gasteiger partial charge is 0.493 e. The summed E-state index contributed by atoms with van der Waals surface area (Å²) in [5, 5.41) is 8.47. The first-order chi connectivity index (χ1) is 31.0. The van der Waals surface area contributed by atoms with Gasteiger partial charge in [0.1, 0.15) is 54.8 Å². The van der Waals surface area contributed by atoms with E-state index in [-0.39, 0.29) is 19.2 Å². The van der Waals surface area contributed by atoms with Crippen LogP contribution in [0.4, 0.5) is 5.69 Å². The molecule has 0 amide bonds. The van der Waals surface area contributed by atoms with Crippen LogP contribution in [0.3, 0.4) is 0 Å². The minimum absolute atomic E-state index is 0.242. The number of aryl methyl sites for hydroxylation is 3. The number of nitrogens with zero attached hydrogens (tertiary/aromatic N) is 7. The number of piperazine rings is 1. The van der Waals surface area contributed by atoms with Gasteiger partial charge in [-0.25, -0.2) is 4.79 Å². The zero-order valence-corrected chi connectivity index (χ0v) is 38.5. The molecule has 0 unspecified atom stereocenters. The third-order valence-corrected chi connectivity index (χ3v) is 15.3. The lowest BCUT2D eigenvalue weighted by atomic mass is 9.93. The number of anilines is 1. The van der Waals surface area contributed by atoms with E-state index in [1.54, 1.807) is 14.1 Å². The van der Waals surface area contributed by atoms with Crippen molar-refractivity contribution in [1.29, 1.82) is 0 Å². The molecule has 0 bridgehead atoms. The van der Waals surface area contributed by atoms with Crippen molar-refractivity contribution < 1.29 is 36.6 Å². The van der Waals surface area contributed by atoms with Gasteiger partial charge >= 0.3 is 5.97 Å². The molecule has 1 spiro atoms. The van der Waals surface area contributed by atoms with Crippen molar-refractivity contribution in [2.45, 2.75) is 46.4 Å². The number of fused-ring (bicyclic) bond motifs is 3. The van der Waals surface area contributed by atoms with Gasteiger partial charge in [0.15, 0.2) is 0 Å². The number of ether oxygens (including phenoxy) is 4. The summed E-state index contributed by atoms with van der Waals surface area (Å²) in [7, 11) is 1.73. The van der Waals surface area contributed by atoms with Gasteiger partial charge in [-0.05, 0) is 73.5 Å². The molecule has 0 radical (unpaired) electrons. The molecule has 338 valence electrons. The van der Waals surface area contributed by atoms with E-state index in [0.29, 0.717) is 76.8 Å². The number of rotatable bonds is 13. The number of carbonyl (C=O) groups excluding carboxylic acids is 1. The lowest BCUT2D eigenvalue weighted by molar-refractivity contribution is -0.948. The van der Waals surface area contributed by atoms with Crippen LogP contribution in [-0.4, -0.2) is 128 Å². The van der Waals surface area contributed by atoms with Gasteiger partial charge in [-0.3, -0.25) is 4.68 Å². The average Bonchev–Trinajstić information content (AvgIpc) is 3.80. The van der Waals surface area contributed by atoms with Crippen molar-refractivity contribution in [3.05, 3.63) is 107 Å². The molecule has 6 aromatic rings. The molecule has 0 aliphatic carbocycles. The lowest BCUT2D eigenvalue weighted by Crippen LogP contribution is -2.56. The summed E-state index contributed by atoms with van der Waals surface area (Å²) in [5.41, 5.74) is 8.84. The van der Waals surface area contributed by atoms with Crippen molar-refractivity contribution >= 4 is 43.5 Å². The molecule has 2 fully saturated rings. The van der Waals surface area contributed by atoms with Gasteiger partial charge in [0.25, 0.3) is 10.2 Å². The molecule has 0 saturated carbocycles. The standard InChI is InChI=1S/C49H60N7O7S/c1-6-61-49(57)48-40(14-10-30-62-44-15-9-12-36-11-7-8-13-39(36)44)41-21-16-35(2)45-46-42(50-52(5)43(46)33-56(28-31-60-32-29-56)27-26-55(48)47(41)45)34-63-38-19-17-37(18-20-38)53-22-24-54(25-23-53)64(58,59)51(3)4/h7-9,11-13,15-21H,6,10,14,22-34H2,1-5H3/q+1. The van der Waals surface area contributed by atoms with Crippen molar-refractivity contribution in [2.75, 3.05) is 91.2 Å². The number of benzene rings is 4. The number of aromatic nitrogens is 3. The molecule has 2 aromatic heterocycles. The molecule has 2 saturated heterocycles. The fourth-order valence-electron chi connectivity index (χ4n) is 9.92. The molecule has 5 heterocycles. The molecule has 0 atom stereocenters. The Morgan fingerprint density at radius 2 is 1.61 bits per heavy atom. The Morgan fingerprint density at radius 3 is 2.36 bits per heavy atom. The van der Waals surface area contributed by atoms with Crippen LogP contribution in [0.15, 0.2) is 78.9 Å². The summed E-state index contributed by atoms with van der Waals surface area (Å²) in [6, 6.07) is 26.8. The van der Waals surface area contributed by atoms with Crippen molar-refractivity contribution in [3.8, 4) is 22.6 Å². The topological polar surface area (TPSA) is 121 Å². The quantitative estimate of drug-likeness (QED) is 0.0722. The first-order valence-corrected chi connectivity index (χ1v) is 23.9. The number of quaternary nitrogens is 1. The maximum absolute atomic E-state index is 14.3. The predicted molar refractivity (Wildman–Crippen MR) is 249 cm³/mol. The van der Waals surface area contributed by atoms with Crippen LogP contribution in [0.25, 0.3) is 32.8 Å². The molecule has 3 aliphatic rings. The van der Waals surface area contributed by atoms with Crippen LogP contribution in [0.1, 0.15) is 46.3 Å². The second-order valence-electron chi connectivity index (χ2n) is 17.4. The maximum atomic E-state index is 14.3. The minimum atomic E-state index is -3.44. The molecular formula is C49H60N7O7S+. The van der Waals surface area contributed by atoms with E-state index in [4.69, 9.17) is 24.0 Å². The molecule has 4 aromatic carbocycles. The zero-order chi connectivity index (χ0) is 44.6. The molecule has 14 nitrogen and oxygen atoms in total. The lowest BCUT2D eigenvalue weighted by Gasteiger charge is -2.41. The third-order valence-electron chi connectivity index (χ3n) is 13.4. The van der Waals surface area contributed by atoms with E-state index in [1.165, 1.54) is 8.61 Å². The number of hydrogen-bond acceptors (Lipinski definition) is 9. The van der Waals surface area contributed by atoms with Crippen molar-refractivity contribution in [3.63, 3.8) is 0 Å². The Balaban J connectivity index is 1.06. The highest BCUT2D eigenvalue weighted by molar-refractivity contribution is 7.86.